The summed E-state index contributed by atoms with van der Waals surface area (Å²) in [6, 6.07) is 1.09. The predicted molar refractivity (Wildman–Crippen MR) is 46.5 cm³/mol. The van der Waals surface area contributed by atoms with Gasteiger partial charge in [0.1, 0.15) is 11.6 Å². The fraction of sp³-hybridized carbons (Fsp3) is 0.143. The quantitative estimate of drug-likeness (QED) is 0.636. The maximum atomic E-state index is 12.9. The van der Waals surface area contributed by atoms with Crippen LogP contribution in [-0.2, 0) is 0 Å². The maximum Gasteiger partial charge on any atom is 0.141 e. The summed E-state index contributed by atoms with van der Waals surface area (Å²) in [5, 5.41) is 0. The van der Waals surface area contributed by atoms with E-state index in [0.717, 1.165) is 6.07 Å². The van der Waals surface area contributed by atoms with Gasteiger partial charge < -0.3 is 0 Å². The Hall–Kier alpha value is 0.0400. The van der Waals surface area contributed by atoms with E-state index in [0.29, 0.717) is 0 Å². The largest absolute Gasteiger partial charge is 0.206 e. The second-order valence-corrected chi connectivity index (χ2v) is 3.74. The lowest BCUT2D eigenvalue weighted by Gasteiger charge is -2.02. The Labute approximate surface area is 79.9 Å². The van der Waals surface area contributed by atoms with Gasteiger partial charge in [0, 0.05) is 5.56 Å². The van der Waals surface area contributed by atoms with Gasteiger partial charge in [0.25, 0.3) is 0 Å². The molecule has 4 heteroatoms. The van der Waals surface area contributed by atoms with E-state index in [4.69, 9.17) is 0 Å². The highest BCUT2D eigenvalue weighted by atomic mass is 79.9. The fourth-order valence-corrected chi connectivity index (χ4v) is 1.48. The summed E-state index contributed by atoms with van der Waals surface area (Å²) >= 11 is 5.82. The molecule has 0 unspecified atom stereocenters. The van der Waals surface area contributed by atoms with Crippen molar-refractivity contribution in [3.63, 3.8) is 0 Å². The maximum absolute atomic E-state index is 12.9. The molecule has 0 spiro atoms. The summed E-state index contributed by atoms with van der Waals surface area (Å²) in [4.78, 5) is 0. The molecule has 0 saturated carbocycles. The van der Waals surface area contributed by atoms with Crippen molar-refractivity contribution < 1.29 is 8.78 Å². The number of benzene rings is 1. The lowest BCUT2D eigenvalue weighted by molar-refractivity contribution is 0.580. The Bertz CT molecular complexity index is 271. The molecule has 0 radical (unpaired) electrons. The van der Waals surface area contributed by atoms with Gasteiger partial charge in [0.15, 0.2) is 0 Å². The summed E-state index contributed by atoms with van der Waals surface area (Å²) in [6.45, 7) is 1.51. The van der Waals surface area contributed by atoms with E-state index in [9.17, 15) is 8.78 Å². The molecule has 0 nitrogen and oxygen atoms in total. The van der Waals surface area contributed by atoms with Crippen LogP contribution >= 0.6 is 31.9 Å². The third-order valence-corrected chi connectivity index (χ3v) is 2.88. The Kier molecular flexibility index (Phi) is 2.65. The highest BCUT2D eigenvalue weighted by Gasteiger charge is 2.10. The van der Waals surface area contributed by atoms with Crippen LogP contribution in [0.5, 0.6) is 0 Å². The first-order valence-corrected chi connectivity index (χ1v) is 4.42. The van der Waals surface area contributed by atoms with Crippen LogP contribution < -0.4 is 0 Å². The van der Waals surface area contributed by atoms with Gasteiger partial charge in [-0.2, -0.15) is 0 Å². The van der Waals surface area contributed by atoms with Gasteiger partial charge >= 0.3 is 0 Å². The Balaban J connectivity index is 3.46. The van der Waals surface area contributed by atoms with Gasteiger partial charge in [0.2, 0.25) is 0 Å². The Morgan fingerprint density at radius 1 is 1.27 bits per heavy atom. The van der Waals surface area contributed by atoms with E-state index in [2.05, 4.69) is 31.9 Å². The molecule has 0 bridgehead atoms. The molecule has 0 saturated heterocycles. The lowest BCUT2D eigenvalue weighted by Crippen LogP contribution is -1.89. The first kappa shape index (κ1) is 9.13. The van der Waals surface area contributed by atoms with Crippen molar-refractivity contribution >= 4 is 31.9 Å². The first-order chi connectivity index (χ1) is 5.04. The van der Waals surface area contributed by atoms with Gasteiger partial charge in [-0.15, -0.1) is 0 Å². The first-order valence-electron chi connectivity index (χ1n) is 2.83. The third-order valence-electron chi connectivity index (χ3n) is 1.33. The van der Waals surface area contributed by atoms with Crippen LogP contribution in [0, 0.1) is 18.6 Å². The van der Waals surface area contributed by atoms with E-state index in [1.54, 1.807) is 0 Å². The number of hydrogen-bond acceptors (Lipinski definition) is 0. The van der Waals surface area contributed by atoms with Gasteiger partial charge in [-0.1, -0.05) is 0 Å². The van der Waals surface area contributed by atoms with Crippen LogP contribution in [0.4, 0.5) is 8.78 Å². The van der Waals surface area contributed by atoms with Gasteiger partial charge in [-0.3, -0.25) is 0 Å². The molecule has 0 aromatic heterocycles. The average molecular weight is 286 g/mol. The Morgan fingerprint density at radius 3 is 2.36 bits per heavy atom. The predicted octanol–water partition coefficient (Wildman–Crippen LogP) is 3.80. The standard InChI is InChI=1S/C7H4Br2F2/c1-3-6(9)5(10)2-4(8)7(3)11/h2H,1H3. The second kappa shape index (κ2) is 3.19. The summed E-state index contributed by atoms with van der Waals surface area (Å²) < 4.78 is 26.0. The molecule has 1 aromatic carbocycles. The van der Waals surface area contributed by atoms with E-state index >= 15 is 0 Å². The highest BCUT2D eigenvalue weighted by Crippen LogP contribution is 2.28. The highest BCUT2D eigenvalue weighted by molar-refractivity contribution is 9.11. The van der Waals surface area contributed by atoms with Crippen LogP contribution in [0.25, 0.3) is 0 Å². The SMILES string of the molecule is Cc1c(F)c(Br)cc(F)c1Br. The molecule has 60 valence electrons. The van der Waals surface area contributed by atoms with E-state index in [1.807, 2.05) is 0 Å². The van der Waals surface area contributed by atoms with Crippen molar-refractivity contribution in [2.75, 3.05) is 0 Å². The van der Waals surface area contributed by atoms with Gasteiger partial charge in [0.05, 0.1) is 8.95 Å². The zero-order valence-electron chi connectivity index (χ0n) is 5.59. The molecular formula is C7H4Br2F2. The minimum atomic E-state index is -0.462. The lowest BCUT2D eigenvalue weighted by atomic mass is 10.2. The monoisotopic (exact) mass is 284 g/mol. The summed E-state index contributed by atoms with van der Waals surface area (Å²) in [6.07, 6.45) is 0. The number of rotatable bonds is 0. The fourth-order valence-electron chi connectivity index (χ4n) is 0.693. The van der Waals surface area contributed by atoms with E-state index < -0.39 is 11.6 Å². The molecule has 0 aliphatic carbocycles. The summed E-state index contributed by atoms with van der Waals surface area (Å²) in [7, 11) is 0. The molecule has 0 N–H and O–H groups in total. The van der Waals surface area contributed by atoms with Crippen molar-refractivity contribution in [1.29, 1.82) is 0 Å². The number of hydrogen-bond donors (Lipinski definition) is 0. The van der Waals surface area contributed by atoms with Gasteiger partial charge in [-0.05, 0) is 44.8 Å². The van der Waals surface area contributed by atoms with E-state index in [1.165, 1.54) is 6.92 Å². The second-order valence-electron chi connectivity index (χ2n) is 2.09. The zero-order valence-corrected chi connectivity index (χ0v) is 8.76. The van der Waals surface area contributed by atoms with Crippen LogP contribution in [0.3, 0.4) is 0 Å². The molecule has 0 amide bonds. The molecule has 0 heterocycles. The van der Waals surface area contributed by atoms with Crippen molar-refractivity contribution in [1.82, 2.24) is 0 Å². The molecule has 11 heavy (non-hydrogen) atoms. The van der Waals surface area contributed by atoms with Crippen LogP contribution in [-0.4, -0.2) is 0 Å². The average Bonchev–Trinajstić information content (AvgIpc) is 1.97. The normalized spacial score (nSPS) is 10.3. The molecule has 0 atom stereocenters. The van der Waals surface area contributed by atoms with Crippen LogP contribution in [0.1, 0.15) is 5.56 Å². The minimum Gasteiger partial charge on any atom is -0.206 e. The molecule has 0 aliphatic rings. The minimum absolute atomic E-state index is 0.149. The topological polar surface area (TPSA) is 0 Å². The summed E-state index contributed by atoms with van der Waals surface area (Å²) in [5.74, 6) is -0.894. The van der Waals surface area contributed by atoms with Crippen molar-refractivity contribution in [3.8, 4) is 0 Å². The van der Waals surface area contributed by atoms with Crippen LogP contribution in [0.15, 0.2) is 15.0 Å². The van der Waals surface area contributed by atoms with Crippen molar-refractivity contribution in [2.45, 2.75) is 6.92 Å². The summed E-state index contributed by atoms with van der Waals surface area (Å²) in [5.41, 5.74) is 0.275. The van der Waals surface area contributed by atoms with Crippen LogP contribution in [0.2, 0.25) is 0 Å². The molecular weight excluding hydrogens is 282 g/mol. The van der Waals surface area contributed by atoms with E-state index in [-0.39, 0.29) is 14.5 Å². The molecule has 1 aromatic rings. The van der Waals surface area contributed by atoms with Crippen molar-refractivity contribution in [2.24, 2.45) is 0 Å². The van der Waals surface area contributed by atoms with Gasteiger partial charge in [-0.25, -0.2) is 8.78 Å². The zero-order chi connectivity index (χ0) is 8.59. The smallest absolute Gasteiger partial charge is 0.141 e. The van der Waals surface area contributed by atoms with Crippen molar-refractivity contribution in [3.05, 3.63) is 32.2 Å². The molecule has 0 fully saturated rings. The number of halogens is 4. The molecule has 1 rings (SSSR count). The Morgan fingerprint density at radius 2 is 1.82 bits per heavy atom. The third kappa shape index (κ3) is 1.62. The molecule has 0 aliphatic heterocycles.